The minimum absolute atomic E-state index is 0.956. The summed E-state index contributed by atoms with van der Waals surface area (Å²) in [4.78, 5) is 2.29. The Morgan fingerprint density at radius 1 is 0.810 bits per heavy atom. The Morgan fingerprint density at radius 2 is 1.52 bits per heavy atom. The Balaban J connectivity index is 2.07. The van der Waals surface area contributed by atoms with Gasteiger partial charge in [-0.15, -0.1) is 0 Å². The van der Waals surface area contributed by atoms with Gasteiger partial charge in [0.2, 0.25) is 0 Å². The molecule has 1 aliphatic rings. The lowest BCUT2D eigenvalue weighted by Crippen LogP contribution is -2.15. The SMILES string of the molecule is Cc1ccc(N(C2=CCC=CC=C2)c2ccccc2)cc1. The molecule has 3 rings (SSSR count). The van der Waals surface area contributed by atoms with Crippen LogP contribution in [0, 0.1) is 6.92 Å². The van der Waals surface area contributed by atoms with E-state index >= 15 is 0 Å². The van der Waals surface area contributed by atoms with Crippen molar-refractivity contribution >= 4 is 11.4 Å². The summed E-state index contributed by atoms with van der Waals surface area (Å²) in [5, 5.41) is 0. The summed E-state index contributed by atoms with van der Waals surface area (Å²) in [6, 6.07) is 19.2. The van der Waals surface area contributed by atoms with Crippen LogP contribution < -0.4 is 4.90 Å². The highest BCUT2D eigenvalue weighted by molar-refractivity contribution is 5.70. The van der Waals surface area contributed by atoms with Gasteiger partial charge in [-0.05, 0) is 43.7 Å². The summed E-state index contributed by atoms with van der Waals surface area (Å²) in [5.41, 5.74) is 4.85. The number of rotatable bonds is 3. The number of hydrogen-bond donors (Lipinski definition) is 0. The molecule has 0 bridgehead atoms. The van der Waals surface area contributed by atoms with E-state index in [0.29, 0.717) is 0 Å². The van der Waals surface area contributed by atoms with Crippen LogP contribution in [0.1, 0.15) is 12.0 Å². The molecule has 0 aromatic heterocycles. The van der Waals surface area contributed by atoms with Gasteiger partial charge in [0, 0.05) is 17.1 Å². The quantitative estimate of drug-likeness (QED) is 0.710. The maximum absolute atomic E-state index is 2.29. The first-order chi connectivity index (χ1) is 10.3. The molecule has 0 heterocycles. The summed E-state index contributed by atoms with van der Waals surface area (Å²) < 4.78 is 0. The summed E-state index contributed by atoms with van der Waals surface area (Å²) in [6.45, 7) is 2.12. The highest BCUT2D eigenvalue weighted by atomic mass is 15.1. The van der Waals surface area contributed by atoms with Crippen molar-refractivity contribution in [3.8, 4) is 0 Å². The van der Waals surface area contributed by atoms with Crippen LogP contribution in [0.4, 0.5) is 11.4 Å². The van der Waals surface area contributed by atoms with Crippen LogP contribution in [0.15, 0.2) is 90.7 Å². The average molecular weight is 273 g/mol. The lowest BCUT2D eigenvalue weighted by molar-refractivity contribution is 1.18. The van der Waals surface area contributed by atoms with E-state index in [1.165, 1.54) is 22.6 Å². The van der Waals surface area contributed by atoms with Gasteiger partial charge in [0.15, 0.2) is 0 Å². The molecule has 2 aromatic rings. The first kappa shape index (κ1) is 13.4. The first-order valence-corrected chi connectivity index (χ1v) is 7.30. The fraction of sp³-hybridized carbons (Fsp3) is 0.100. The third-order valence-corrected chi connectivity index (χ3v) is 3.54. The van der Waals surface area contributed by atoms with Crippen LogP contribution in [-0.4, -0.2) is 0 Å². The number of allylic oxidation sites excluding steroid dienone is 5. The molecule has 0 amide bonds. The van der Waals surface area contributed by atoms with Crippen molar-refractivity contribution < 1.29 is 0 Å². The topological polar surface area (TPSA) is 3.24 Å². The van der Waals surface area contributed by atoms with Gasteiger partial charge in [0.25, 0.3) is 0 Å². The molecule has 0 saturated carbocycles. The second kappa shape index (κ2) is 6.27. The monoisotopic (exact) mass is 273 g/mol. The Labute approximate surface area is 126 Å². The Bertz CT molecular complexity index is 676. The van der Waals surface area contributed by atoms with Gasteiger partial charge in [0.1, 0.15) is 0 Å². The molecule has 1 heteroatoms. The first-order valence-electron chi connectivity index (χ1n) is 7.30. The molecule has 0 saturated heterocycles. The second-order valence-electron chi connectivity index (χ2n) is 5.16. The molecule has 0 unspecified atom stereocenters. The molecule has 21 heavy (non-hydrogen) atoms. The van der Waals surface area contributed by atoms with Crippen molar-refractivity contribution in [3.05, 3.63) is 96.2 Å². The maximum atomic E-state index is 2.29. The zero-order valence-corrected chi connectivity index (χ0v) is 12.2. The van der Waals surface area contributed by atoms with E-state index in [1.807, 2.05) is 0 Å². The summed E-state index contributed by atoms with van der Waals surface area (Å²) in [6.07, 6.45) is 11.7. The van der Waals surface area contributed by atoms with E-state index in [9.17, 15) is 0 Å². The second-order valence-corrected chi connectivity index (χ2v) is 5.16. The fourth-order valence-corrected chi connectivity index (χ4v) is 2.45. The molecule has 104 valence electrons. The van der Waals surface area contributed by atoms with Crippen LogP contribution in [-0.2, 0) is 0 Å². The minimum Gasteiger partial charge on any atom is -0.311 e. The normalized spacial score (nSPS) is 13.7. The minimum atomic E-state index is 0.956. The summed E-state index contributed by atoms with van der Waals surface area (Å²) in [7, 11) is 0. The zero-order valence-electron chi connectivity index (χ0n) is 12.2. The lowest BCUT2D eigenvalue weighted by Gasteiger charge is -2.26. The molecular weight excluding hydrogens is 254 g/mol. The van der Waals surface area contributed by atoms with Crippen molar-refractivity contribution in [3.63, 3.8) is 0 Å². The van der Waals surface area contributed by atoms with E-state index in [0.717, 1.165) is 6.42 Å². The number of benzene rings is 2. The van der Waals surface area contributed by atoms with Crippen molar-refractivity contribution in [2.45, 2.75) is 13.3 Å². The van der Waals surface area contributed by atoms with E-state index in [-0.39, 0.29) is 0 Å². The van der Waals surface area contributed by atoms with Gasteiger partial charge >= 0.3 is 0 Å². The van der Waals surface area contributed by atoms with Gasteiger partial charge in [-0.25, -0.2) is 0 Å². The molecular formula is C20H19N. The van der Waals surface area contributed by atoms with E-state index in [4.69, 9.17) is 0 Å². The van der Waals surface area contributed by atoms with Crippen LogP contribution in [0.3, 0.4) is 0 Å². The van der Waals surface area contributed by atoms with E-state index in [1.54, 1.807) is 0 Å². The summed E-state index contributed by atoms with van der Waals surface area (Å²) in [5.74, 6) is 0. The third-order valence-electron chi connectivity index (χ3n) is 3.54. The molecule has 0 spiro atoms. The Morgan fingerprint density at radius 3 is 2.29 bits per heavy atom. The van der Waals surface area contributed by atoms with Gasteiger partial charge in [0.05, 0.1) is 0 Å². The van der Waals surface area contributed by atoms with Crippen LogP contribution in [0.25, 0.3) is 0 Å². The van der Waals surface area contributed by atoms with Crippen molar-refractivity contribution in [2.24, 2.45) is 0 Å². The molecule has 0 fully saturated rings. The van der Waals surface area contributed by atoms with Crippen LogP contribution >= 0.6 is 0 Å². The standard InChI is InChI=1S/C20H19N/c1-17-13-15-20(16-14-17)21(19-11-7-4-8-12-19)18-9-5-2-3-6-10-18/h2-5,7-16H,6H2,1H3. The number of nitrogens with zero attached hydrogens (tertiary/aromatic N) is 1. The number of para-hydroxylation sites is 1. The van der Waals surface area contributed by atoms with Gasteiger partial charge < -0.3 is 4.90 Å². The predicted molar refractivity (Wildman–Crippen MR) is 90.7 cm³/mol. The largest absolute Gasteiger partial charge is 0.311 e. The fourth-order valence-electron chi connectivity index (χ4n) is 2.45. The molecule has 1 nitrogen and oxygen atoms in total. The van der Waals surface area contributed by atoms with Gasteiger partial charge in [-0.2, -0.15) is 0 Å². The number of hydrogen-bond acceptors (Lipinski definition) is 1. The average Bonchev–Trinajstić information content (AvgIpc) is 2.80. The molecule has 0 aliphatic heterocycles. The highest BCUT2D eigenvalue weighted by Crippen LogP contribution is 2.31. The predicted octanol–water partition coefficient (Wildman–Crippen LogP) is 5.53. The van der Waals surface area contributed by atoms with Crippen LogP contribution in [0.2, 0.25) is 0 Å². The molecule has 0 N–H and O–H groups in total. The Kier molecular flexibility index (Phi) is 4.02. The highest BCUT2D eigenvalue weighted by Gasteiger charge is 2.12. The zero-order chi connectivity index (χ0) is 14.5. The molecule has 0 radical (unpaired) electrons. The number of anilines is 2. The maximum Gasteiger partial charge on any atom is 0.0461 e. The Hall–Kier alpha value is -2.54. The smallest absolute Gasteiger partial charge is 0.0461 e. The van der Waals surface area contributed by atoms with Gasteiger partial charge in [-0.1, -0.05) is 60.2 Å². The van der Waals surface area contributed by atoms with E-state index in [2.05, 4.69) is 96.8 Å². The molecule has 1 aliphatic carbocycles. The molecule has 2 aromatic carbocycles. The van der Waals surface area contributed by atoms with Crippen molar-refractivity contribution in [1.82, 2.24) is 0 Å². The molecule has 0 atom stereocenters. The van der Waals surface area contributed by atoms with Crippen molar-refractivity contribution in [1.29, 1.82) is 0 Å². The van der Waals surface area contributed by atoms with E-state index < -0.39 is 0 Å². The third kappa shape index (κ3) is 3.14. The van der Waals surface area contributed by atoms with Crippen molar-refractivity contribution in [2.75, 3.05) is 4.90 Å². The number of aryl methyl sites for hydroxylation is 1. The van der Waals surface area contributed by atoms with Crippen LogP contribution in [0.5, 0.6) is 0 Å². The van der Waals surface area contributed by atoms with Gasteiger partial charge in [-0.3, -0.25) is 0 Å². The summed E-state index contributed by atoms with van der Waals surface area (Å²) >= 11 is 0. The lowest BCUT2D eigenvalue weighted by atomic mass is 10.1.